The molecule has 0 saturated heterocycles. The highest BCUT2D eigenvalue weighted by molar-refractivity contribution is 5.55. The molecule has 1 rings (SSSR count). The summed E-state index contributed by atoms with van der Waals surface area (Å²) in [5.41, 5.74) is 0. The molecule has 0 fully saturated rings. The molecule has 2 unspecified atom stereocenters. The van der Waals surface area contributed by atoms with E-state index in [0.717, 1.165) is 0 Å². The van der Waals surface area contributed by atoms with Crippen molar-refractivity contribution in [3.05, 3.63) is 12.1 Å². The number of benzene rings is 1. The van der Waals surface area contributed by atoms with E-state index in [-0.39, 0.29) is 12.1 Å². The lowest BCUT2D eigenvalue weighted by Crippen LogP contribution is -2.36. The zero-order chi connectivity index (χ0) is 14.4. The van der Waals surface area contributed by atoms with Crippen molar-refractivity contribution in [3.63, 3.8) is 0 Å². The fourth-order valence-corrected chi connectivity index (χ4v) is 1.68. The second kappa shape index (κ2) is 7.09. The van der Waals surface area contributed by atoms with Gasteiger partial charge in [-0.05, 0) is 20.9 Å². The summed E-state index contributed by atoms with van der Waals surface area (Å²) in [6.07, 6.45) is 0.0211. The van der Waals surface area contributed by atoms with Crippen molar-refractivity contribution < 1.29 is 18.9 Å². The van der Waals surface area contributed by atoms with Crippen molar-refractivity contribution in [2.45, 2.75) is 26.0 Å². The van der Waals surface area contributed by atoms with Gasteiger partial charge in [-0.2, -0.15) is 0 Å². The summed E-state index contributed by atoms with van der Waals surface area (Å²) in [6, 6.07) is 3.82. The third kappa shape index (κ3) is 3.67. The number of methoxy groups -OCH3 is 3. The molecule has 1 aromatic carbocycles. The zero-order valence-electron chi connectivity index (χ0n) is 12.4. The van der Waals surface area contributed by atoms with Gasteiger partial charge in [-0.25, -0.2) is 0 Å². The largest absolute Gasteiger partial charge is 0.493 e. The quantitative estimate of drug-likeness (QED) is 0.821. The highest BCUT2D eigenvalue weighted by atomic mass is 16.5. The molecule has 5 heteroatoms. The molecule has 1 N–H and O–H groups in total. The molecule has 19 heavy (non-hydrogen) atoms. The Morgan fingerprint density at radius 2 is 1.47 bits per heavy atom. The molecule has 0 aliphatic carbocycles. The lowest BCUT2D eigenvalue weighted by molar-refractivity contribution is 0.180. The van der Waals surface area contributed by atoms with E-state index in [0.29, 0.717) is 23.0 Å². The Kier molecular flexibility index (Phi) is 5.76. The van der Waals surface area contributed by atoms with Crippen molar-refractivity contribution in [2.24, 2.45) is 0 Å². The van der Waals surface area contributed by atoms with Crippen LogP contribution < -0.4 is 24.3 Å². The van der Waals surface area contributed by atoms with Crippen LogP contribution in [-0.4, -0.2) is 40.5 Å². The molecular weight excluding hydrogens is 246 g/mol. The van der Waals surface area contributed by atoms with Crippen LogP contribution in [-0.2, 0) is 0 Å². The maximum atomic E-state index is 5.87. The molecular formula is C14H23NO4. The minimum absolute atomic E-state index is 0.0211. The van der Waals surface area contributed by atoms with E-state index < -0.39 is 0 Å². The molecule has 5 nitrogen and oxygen atoms in total. The van der Waals surface area contributed by atoms with Gasteiger partial charge >= 0.3 is 0 Å². The highest BCUT2D eigenvalue weighted by Crippen LogP contribution is 2.41. The van der Waals surface area contributed by atoms with Crippen LogP contribution in [0.1, 0.15) is 13.8 Å². The van der Waals surface area contributed by atoms with Crippen LogP contribution in [0, 0.1) is 0 Å². The van der Waals surface area contributed by atoms with Crippen molar-refractivity contribution in [3.8, 4) is 23.0 Å². The summed E-state index contributed by atoms with van der Waals surface area (Å²) in [4.78, 5) is 0. The molecule has 1 aromatic rings. The Hall–Kier alpha value is -1.62. The number of nitrogens with one attached hydrogen (secondary N) is 1. The van der Waals surface area contributed by atoms with Crippen molar-refractivity contribution in [1.29, 1.82) is 0 Å². The van der Waals surface area contributed by atoms with E-state index in [1.54, 1.807) is 33.5 Å². The molecule has 0 aromatic heterocycles. The second-order valence-electron chi connectivity index (χ2n) is 4.26. The molecule has 0 spiro atoms. The number of rotatable bonds is 7. The lowest BCUT2D eigenvalue weighted by atomic mass is 10.2. The summed E-state index contributed by atoms with van der Waals surface area (Å²) in [7, 11) is 6.65. The van der Waals surface area contributed by atoms with Crippen LogP contribution in [0.25, 0.3) is 0 Å². The molecule has 0 aliphatic heterocycles. The van der Waals surface area contributed by atoms with Gasteiger partial charge in [0.15, 0.2) is 11.5 Å². The van der Waals surface area contributed by atoms with Gasteiger partial charge in [0.05, 0.1) is 21.3 Å². The van der Waals surface area contributed by atoms with Crippen LogP contribution in [0.4, 0.5) is 0 Å². The van der Waals surface area contributed by atoms with Gasteiger partial charge in [0.25, 0.3) is 0 Å². The van der Waals surface area contributed by atoms with Gasteiger partial charge in [0.2, 0.25) is 5.75 Å². The second-order valence-corrected chi connectivity index (χ2v) is 4.26. The summed E-state index contributed by atoms with van der Waals surface area (Å²) in [5, 5.41) is 3.15. The fraction of sp³-hybridized carbons (Fsp3) is 0.571. The van der Waals surface area contributed by atoms with Gasteiger partial charge in [-0.15, -0.1) is 0 Å². The van der Waals surface area contributed by atoms with E-state index in [2.05, 4.69) is 12.2 Å². The highest BCUT2D eigenvalue weighted by Gasteiger charge is 2.17. The first-order chi connectivity index (χ1) is 9.07. The molecule has 0 bridgehead atoms. The minimum Gasteiger partial charge on any atom is -0.493 e. The third-order valence-corrected chi connectivity index (χ3v) is 3.12. The maximum absolute atomic E-state index is 5.87. The Labute approximate surface area is 114 Å². The van der Waals surface area contributed by atoms with Crippen LogP contribution >= 0.6 is 0 Å². The van der Waals surface area contributed by atoms with Crippen LogP contribution in [0.15, 0.2) is 12.1 Å². The predicted octanol–water partition coefficient (Wildman–Crippen LogP) is 2.09. The van der Waals surface area contributed by atoms with E-state index in [9.17, 15) is 0 Å². The minimum atomic E-state index is 0.0211. The number of hydrogen-bond acceptors (Lipinski definition) is 5. The Morgan fingerprint density at radius 3 is 1.84 bits per heavy atom. The Morgan fingerprint density at radius 1 is 0.947 bits per heavy atom. The monoisotopic (exact) mass is 269 g/mol. The average molecular weight is 269 g/mol. The topological polar surface area (TPSA) is 49.0 Å². The average Bonchev–Trinajstić information content (AvgIpc) is 2.44. The SMILES string of the molecule is CNC(C)C(C)Oc1cc(OC)c(OC)c(OC)c1. The lowest BCUT2D eigenvalue weighted by Gasteiger charge is -2.22. The summed E-state index contributed by atoms with van der Waals surface area (Å²) >= 11 is 0. The van der Waals surface area contributed by atoms with E-state index in [4.69, 9.17) is 18.9 Å². The number of hydrogen-bond donors (Lipinski definition) is 1. The van der Waals surface area contributed by atoms with E-state index in [1.807, 2.05) is 14.0 Å². The van der Waals surface area contributed by atoms with Gasteiger partial charge in [-0.3, -0.25) is 0 Å². The van der Waals surface area contributed by atoms with Crippen LogP contribution in [0.2, 0.25) is 0 Å². The molecule has 0 heterocycles. The Balaban J connectivity index is 3.02. The van der Waals surface area contributed by atoms with E-state index in [1.165, 1.54) is 0 Å². The number of likely N-dealkylation sites (N-methyl/N-ethyl adjacent to an activating group) is 1. The van der Waals surface area contributed by atoms with Gasteiger partial charge in [0, 0.05) is 18.2 Å². The van der Waals surface area contributed by atoms with Crippen molar-refractivity contribution >= 4 is 0 Å². The van der Waals surface area contributed by atoms with Crippen LogP contribution in [0.3, 0.4) is 0 Å². The normalized spacial score (nSPS) is 13.6. The molecule has 0 saturated carbocycles. The van der Waals surface area contributed by atoms with Gasteiger partial charge in [-0.1, -0.05) is 0 Å². The van der Waals surface area contributed by atoms with Gasteiger partial charge in [0.1, 0.15) is 11.9 Å². The third-order valence-electron chi connectivity index (χ3n) is 3.12. The molecule has 108 valence electrons. The summed E-state index contributed by atoms with van der Waals surface area (Å²) < 4.78 is 21.7. The predicted molar refractivity (Wildman–Crippen MR) is 74.7 cm³/mol. The van der Waals surface area contributed by atoms with E-state index >= 15 is 0 Å². The Bertz CT molecular complexity index is 383. The number of ether oxygens (including phenoxy) is 4. The summed E-state index contributed by atoms with van der Waals surface area (Å²) in [5.74, 6) is 2.41. The first-order valence-corrected chi connectivity index (χ1v) is 6.21. The standard InChI is InChI=1S/C14H23NO4/c1-9(15-3)10(2)19-11-7-12(16-4)14(18-6)13(8-11)17-5/h7-10,15H,1-6H3. The smallest absolute Gasteiger partial charge is 0.203 e. The molecule has 0 aliphatic rings. The fourth-order valence-electron chi connectivity index (χ4n) is 1.68. The van der Waals surface area contributed by atoms with Crippen molar-refractivity contribution in [2.75, 3.05) is 28.4 Å². The summed E-state index contributed by atoms with van der Waals surface area (Å²) in [6.45, 7) is 4.06. The molecule has 2 atom stereocenters. The maximum Gasteiger partial charge on any atom is 0.203 e. The van der Waals surface area contributed by atoms with Crippen LogP contribution in [0.5, 0.6) is 23.0 Å². The van der Waals surface area contributed by atoms with Gasteiger partial charge < -0.3 is 24.3 Å². The van der Waals surface area contributed by atoms with Crippen molar-refractivity contribution in [1.82, 2.24) is 5.32 Å². The first kappa shape index (κ1) is 15.4. The molecule has 0 amide bonds. The first-order valence-electron chi connectivity index (χ1n) is 6.21. The zero-order valence-corrected chi connectivity index (χ0v) is 12.4. The molecule has 0 radical (unpaired) electrons.